The fraction of sp³-hybridized carbons (Fsp3) is 0.304. The van der Waals surface area contributed by atoms with E-state index in [1.54, 1.807) is 0 Å². The predicted molar refractivity (Wildman–Crippen MR) is 104 cm³/mol. The Balaban J connectivity index is 2.08. The van der Waals surface area contributed by atoms with Crippen LogP contribution in [0.25, 0.3) is 5.57 Å². The van der Waals surface area contributed by atoms with E-state index in [0.29, 0.717) is 11.8 Å². The Labute approximate surface area is 145 Å². The van der Waals surface area contributed by atoms with E-state index in [4.69, 9.17) is 0 Å². The Bertz CT molecular complexity index is 830. The molecule has 1 aromatic carbocycles. The number of fused-ring (bicyclic) bond motifs is 2. The molecule has 1 aliphatic carbocycles. The first-order valence-electron chi connectivity index (χ1n) is 8.88. The van der Waals surface area contributed by atoms with Gasteiger partial charge in [0.1, 0.15) is 0 Å². The molecule has 2 aliphatic heterocycles. The summed E-state index contributed by atoms with van der Waals surface area (Å²) in [5.74, 6) is 1.26. The Kier molecular flexibility index (Phi) is 3.42. The molecule has 0 N–H and O–H groups in total. The minimum Gasteiger partial charge on any atom is -0.313 e. The van der Waals surface area contributed by atoms with Gasteiger partial charge in [-0.2, -0.15) is 0 Å². The van der Waals surface area contributed by atoms with Crippen LogP contribution in [0.1, 0.15) is 50.2 Å². The van der Waals surface area contributed by atoms with E-state index >= 15 is 0 Å². The first kappa shape index (κ1) is 15.3. The number of hydrogen-bond acceptors (Lipinski definition) is 1. The van der Waals surface area contributed by atoms with E-state index in [2.05, 4.69) is 62.8 Å². The summed E-state index contributed by atoms with van der Waals surface area (Å²) in [6, 6.07) is 6.74. The fourth-order valence-corrected chi connectivity index (χ4v) is 4.91. The molecule has 2 unspecified atom stereocenters. The van der Waals surface area contributed by atoms with Crippen molar-refractivity contribution in [2.45, 2.75) is 39.0 Å². The van der Waals surface area contributed by atoms with Gasteiger partial charge in [0.05, 0.1) is 5.69 Å². The van der Waals surface area contributed by atoms with Crippen molar-refractivity contribution in [1.29, 1.82) is 0 Å². The number of para-hydroxylation sites is 1. The Morgan fingerprint density at radius 3 is 2.62 bits per heavy atom. The molecule has 1 heteroatoms. The fourth-order valence-electron chi connectivity index (χ4n) is 4.91. The van der Waals surface area contributed by atoms with Crippen molar-refractivity contribution in [2.75, 3.05) is 4.90 Å². The first-order valence-corrected chi connectivity index (χ1v) is 8.88. The summed E-state index contributed by atoms with van der Waals surface area (Å²) in [4.78, 5) is 2.41. The number of nitrogens with zero attached hydrogens (tertiary/aromatic N) is 1. The summed E-state index contributed by atoms with van der Waals surface area (Å²) >= 11 is 0. The van der Waals surface area contributed by atoms with Gasteiger partial charge >= 0.3 is 0 Å². The molecule has 1 aromatic rings. The Morgan fingerprint density at radius 2 is 1.92 bits per heavy atom. The van der Waals surface area contributed by atoms with Crippen molar-refractivity contribution in [2.24, 2.45) is 5.92 Å². The minimum absolute atomic E-state index is 0.618. The highest BCUT2D eigenvalue weighted by Crippen LogP contribution is 2.58. The van der Waals surface area contributed by atoms with Gasteiger partial charge in [0.2, 0.25) is 0 Å². The topological polar surface area (TPSA) is 3.24 Å². The van der Waals surface area contributed by atoms with Gasteiger partial charge in [-0.15, -0.1) is 0 Å². The third-order valence-electron chi connectivity index (χ3n) is 5.83. The van der Waals surface area contributed by atoms with Gasteiger partial charge in [0.25, 0.3) is 0 Å². The second-order valence-electron chi connectivity index (χ2n) is 7.35. The number of benzene rings is 1. The van der Waals surface area contributed by atoms with Crippen molar-refractivity contribution in [3.05, 3.63) is 83.8 Å². The van der Waals surface area contributed by atoms with Gasteiger partial charge in [-0.1, -0.05) is 62.1 Å². The SMILES string of the molecule is C=CC=C1C(=C)C(=C)N2C(=C(C)C)C3CCCC3c3cccc1c32. The molecule has 1 nitrogen and oxygen atoms in total. The molecular formula is C23H25N. The molecule has 3 aliphatic rings. The van der Waals surface area contributed by atoms with E-state index < -0.39 is 0 Å². The van der Waals surface area contributed by atoms with Crippen LogP contribution in [0.15, 0.2) is 72.6 Å². The number of anilines is 1. The Morgan fingerprint density at radius 1 is 1.17 bits per heavy atom. The lowest BCUT2D eigenvalue weighted by atomic mass is 9.75. The second-order valence-corrected chi connectivity index (χ2v) is 7.35. The molecule has 1 saturated carbocycles. The highest BCUT2D eigenvalue weighted by Gasteiger charge is 2.44. The molecule has 2 heterocycles. The summed E-state index contributed by atoms with van der Waals surface area (Å²) in [6.45, 7) is 17.1. The highest BCUT2D eigenvalue weighted by atomic mass is 15.2. The molecule has 0 radical (unpaired) electrons. The van der Waals surface area contributed by atoms with E-state index in [0.717, 1.165) is 16.8 Å². The Hall–Kier alpha value is -2.28. The van der Waals surface area contributed by atoms with E-state index in [9.17, 15) is 0 Å². The van der Waals surface area contributed by atoms with Crippen LogP contribution >= 0.6 is 0 Å². The summed E-state index contributed by atoms with van der Waals surface area (Å²) in [7, 11) is 0. The molecule has 122 valence electrons. The lowest BCUT2D eigenvalue weighted by molar-refractivity contribution is 0.523. The van der Waals surface area contributed by atoms with Crippen molar-refractivity contribution >= 4 is 11.3 Å². The maximum absolute atomic E-state index is 4.42. The second kappa shape index (κ2) is 5.37. The average Bonchev–Trinajstić information content (AvgIpc) is 3.05. The summed E-state index contributed by atoms with van der Waals surface area (Å²) in [5, 5.41) is 0. The van der Waals surface area contributed by atoms with Gasteiger partial charge < -0.3 is 4.90 Å². The summed E-state index contributed by atoms with van der Waals surface area (Å²) in [6.07, 6.45) is 7.81. The highest BCUT2D eigenvalue weighted by molar-refractivity contribution is 5.98. The van der Waals surface area contributed by atoms with Crippen LogP contribution in [0.4, 0.5) is 5.69 Å². The standard InChI is InChI=1S/C23H25N/c1-6-9-17-15(4)16(5)24-22(14(2)3)20-12-7-10-18(20)21-13-8-11-19(17)23(21)24/h6,8-9,11,13,18,20H,1,4-5,7,10,12H2,2-3H3. The van der Waals surface area contributed by atoms with Crippen molar-refractivity contribution in [3.8, 4) is 0 Å². The number of hydrogen-bond donors (Lipinski definition) is 0. The third kappa shape index (κ3) is 1.87. The van der Waals surface area contributed by atoms with Gasteiger partial charge in [-0.25, -0.2) is 0 Å². The largest absolute Gasteiger partial charge is 0.313 e. The van der Waals surface area contributed by atoms with E-state index in [-0.39, 0.29) is 0 Å². The van der Waals surface area contributed by atoms with Crippen molar-refractivity contribution in [1.82, 2.24) is 0 Å². The van der Waals surface area contributed by atoms with Crippen molar-refractivity contribution in [3.63, 3.8) is 0 Å². The molecule has 0 bridgehead atoms. The van der Waals surface area contributed by atoms with Gasteiger partial charge in [-0.3, -0.25) is 0 Å². The molecule has 0 spiro atoms. The zero-order valence-electron chi connectivity index (χ0n) is 14.7. The van der Waals surface area contributed by atoms with Gasteiger partial charge in [0.15, 0.2) is 0 Å². The minimum atomic E-state index is 0.618. The van der Waals surface area contributed by atoms with Gasteiger partial charge in [0, 0.05) is 22.9 Å². The van der Waals surface area contributed by atoms with Crippen LogP contribution in [-0.2, 0) is 0 Å². The zero-order chi connectivity index (χ0) is 17.0. The monoisotopic (exact) mass is 315 g/mol. The predicted octanol–water partition coefficient (Wildman–Crippen LogP) is 6.34. The molecule has 1 fully saturated rings. The lowest BCUT2D eigenvalue weighted by Gasteiger charge is -2.47. The molecule has 0 aromatic heterocycles. The van der Waals surface area contributed by atoms with Crippen molar-refractivity contribution < 1.29 is 0 Å². The maximum atomic E-state index is 4.42. The van der Waals surface area contributed by atoms with E-state index in [1.807, 2.05) is 6.08 Å². The number of allylic oxidation sites excluding steroid dienone is 5. The summed E-state index contributed by atoms with van der Waals surface area (Å²) < 4.78 is 0. The van der Waals surface area contributed by atoms with E-state index in [1.165, 1.54) is 47.3 Å². The van der Waals surface area contributed by atoms with Crippen LogP contribution < -0.4 is 4.90 Å². The molecule has 4 rings (SSSR count). The quantitative estimate of drug-likeness (QED) is 0.584. The van der Waals surface area contributed by atoms with Crippen LogP contribution in [0, 0.1) is 5.92 Å². The third-order valence-corrected chi connectivity index (χ3v) is 5.83. The zero-order valence-corrected chi connectivity index (χ0v) is 14.7. The van der Waals surface area contributed by atoms with Crippen LogP contribution in [0.5, 0.6) is 0 Å². The molecular weight excluding hydrogens is 290 g/mol. The summed E-state index contributed by atoms with van der Waals surface area (Å²) in [5.41, 5.74) is 10.1. The van der Waals surface area contributed by atoms with Crippen LogP contribution in [-0.4, -0.2) is 0 Å². The molecule has 2 atom stereocenters. The molecule has 0 saturated heterocycles. The first-order chi connectivity index (χ1) is 11.6. The van der Waals surface area contributed by atoms with Crippen LogP contribution in [0.3, 0.4) is 0 Å². The molecule has 24 heavy (non-hydrogen) atoms. The average molecular weight is 315 g/mol. The van der Waals surface area contributed by atoms with Gasteiger partial charge in [-0.05, 0) is 49.3 Å². The maximum Gasteiger partial charge on any atom is 0.0572 e. The number of rotatable bonds is 1. The lowest BCUT2D eigenvalue weighted by Crippen LogP contribution is -2.37. The smallest absolute Gasteiger partial charge is 0.0572 e. The normalized spacial score (nSPS) is 26.5. The molecule has 0 amide bonds. The van der Waals surface area contributed by atoms with Crippen LogP contribution in [0.2, 0.25) is 0 Å².